The molecule has 0 heterocycles. The molecule has 0 atom stereocenters. The van der Waals surface area contributed by atoms with E-state index < -0.39 is 0 Å². The maximum Gasteiger partial charge on any atom is 0.159 e. The van der Waals surface area contributed by atoms with E-state index in [-0.39, 0.29) is 11.6 Å². The van der Waals surface area contributed by atoms with Crippen molar-refractivity contribution in [3.63, 3.8) is 0 Å². The minimum Gasteiger partial charge on any atom is -0.295 e. The van der Waals surface area contributed by atoms with Gasteiger partial charge in [0.15, 0.2) is 11.6 Å². The van der Waals surface area contributed by atoms with Crippen molar-refractivity contribution in [3.8, 4) is 0 Å². The minimum atomic E-state index is 0.122. The molecule has 2 rings (SSSR count). The SMILES string of the molecule is CC(=O)c1ccc(I)cc1.CC(=O)c1ccc(I)cc1. The van der Waals surface area contributed by atoms with Crippen molar-refractivity contribution in [2.45, 2.75) is 13.8 Å². The van der Waals surface area contributed by atoms with E-state index in [4.69, 9.17) is 0 Å². The maximum absolute atomic E-state index is 10.8. The van der Waals surface area contributed by atoms with Gasteiger partial charge in [0, 0.05) is 18.3 Å². The second-order valence-electron chi connectivity index (χ2n) is 4.13. The van der Waals surface area contributed by atoms with E-state index >= 15 is 0 Å². The number of benzene rings is 2. The summed E-state index contributed by atoms with van der Waals surface area (Å²) in [5.41, 5.74) is 1.56. The van der Waals surface area contributed by atoms with Crippen molar-refractivity contribution in [2.24, 2.45) is 0 Å². The highest BCUT2D eigenvalue weighted by atomic mass is 127. The number of rotatable bonds is 2. The molecular weight excluding hydrogens is 478 g/mol. The van der Waals surface area contributed by atoms with E-state index in [0.29, 0.717) is 0 Å². The van der Waals surface area contributed by atoms with Crippen LogP contribution in [0.3, 0.4) is 0 Å². The highest BCUT2D eigenvalue weighted by Gasteiger charge is 1.96. The average molecular weight is 492 g/mol. The van der Waals surface area contributed by atoms with Crippen LogP contribution >= 0.6 is 45.2 Å². The molecule has 4 heteroatoms. The van der Waals surface area contributed by atoms with Crippen LogP contribution < -0.4 is 0 Å². The number of hydrogen-bond donors (Lipinski definition) is 0. The van der Waals surface area contributed by atoms with Crippen LogP contribution in [0, 0.1) is 7.14 Å². The monoisotopic (exact) mass is 492 g/mol. The summed E-state index contributed by atoms with van der Waals surface area (Å²) in [6.45, 7) is 3.14. The summed E-state index contributed by atoms with van der Waals surface area (Å²) in [6.07, 6.45) is 0. The first kappa shape index (κ1) is 17.3. The Balaban J connectivity index is 0.000000200. The molecule has 104 valence electrons. The number of ketones is 2. The molecule has 0 amide bonds. The van der Waals surface area contributed by atoms with Gasteiger partial charge in [-0.25, -0.2) is 0 Å². The summed E-state index contributed by atoms with van der Waals surface area (Å²) < 4.78 is 2.31. The first-order valence-electron chi connectivity index (χ1n) is 5.93. The van der Waals surface area contributed by atoms with Crippen molar-refractivity contribution in [1.29, 1.82) is 0 Å². The van der Waals surface area contributed by atoms with Gasteiger partial charge in [0.25, 0.3) is 0 Å². The van der Waals surface area contributed by atoms with Gasteiger partial charge >= 0.3 is 0 Å². The Bertz CT molecular complexity index is 531. The van der Waals surface area contributed by atoms with Gasteiger partial charge in [0.2, 0.25) is 0 Å². The van der Waals surface area contributed by atoms with Crippen molar-refractivity contribution in [2.75, 3.05) is 0 Å². The molecule has 2 aromatic rings. The Morgan fingerprint density at radius 3 is 1.10 bits per heavy atom. The molecule has 0 N–H and O–H groups in total. The minimum absolute atomic E-state index is 0.122. The molecular formula is C16H14I2O2. The summed E-state index contributed by atoms with van der Waals surface area (Å²) in [5, 5.41) is 0. The van der Waals surface area contributed by atoms with Crippen molar-refractivity contribution < 1.29 is 9.59 Å². The quantitative estimate of drug-likeness (QED) is 0.438. The fraction of sp³-hybridized carbons (Fsp3) is 0.125. The smallest absolute Gasteiger partial charge is 0.159 e. The Labute approximate surface area is 146 Å². The molecule has 2 aromatic carbocycles. The Morgan fingerprint density at radius 2 is 0.900 bits per heavy atom. The van der Waals surface area contributed by atoms with Crippen LogP contribution in [0.25, 0.3) is 0 Å². The third-order valence-electron chi connectivity index (χ3n) is 2.50. The van der Waals surface area contributed by atoms with Crippen LogP contribution in [-0.2, 0) is 0 Å². The summed E-state index contributed by atoms with van der Waals surface area (Å²) in [4.78, 5) is 21.5. The van der Waals surface area contributed by atoms with Crippen LogP contribution in [0.5, 0.6) is 0 Å². The van der Waals surface area contributed by atoms with Crippen LogP contribution in [-0.4, -0.2) is 11.6 Å². The average Bonchev–Trinajstić information content (AvgIpc) is 2.40. The van der Waals surface area contributed by atoms with Gasteiger partial charge in [-0.15, -0.1) is 0 Å². The molecule has 0 aliphatic carbocycles. The topological polar surface area (TPSA) is 34.1 Å². The lowest BCUT2D eigenvalue weighted by Gasteiger charge is -1.92. The predicted molar refractivity (Wildman–Crippen MR) is 98.3 cm³/mol. The van der Waals surface area contributed by atoms with Gasteiger partial charge in [-0.3, -0.25) is 9.59 Å². The lowest BCUT2D eigenvalue weighted by atomic mass is 10.2. The van der Waals surface area contributed by atoms with Gasteiger partial charge in [-0.2, -0.15) is 0 Å². The standard InChI is InChI=1S/2C8H7IO/c2*1-6(10)7-2-4-8(9)5-3-7/h2*2-5H,1H3. The number of halogens is 2. The highest BCUT2D eigenvalue weighted by molar-refractivity contribution is 14.1. The van der Waals surface area contributed by atoms with E-state index in [1.165, 1.54) is 0 Å². The molecule has 0 saturated carbocycles. The lowest BCUT2D eigenvalue weighted by molar-refractivity contribution is 0.100. The van der Waals surface area contributed by atoms with Crippen LogP contribution in [0.2, 0.25) is 0 Å². The number of hydrogen-bond acceptors (Lipinski definition) is 2. The van der Waals surface area contributed by atoms with Crippen molar-refractivity contribution in [3.05, 3.63) is 66.8 Å². The summed E-state index contributed by atoms with van der Waals surface area (Å²) in [5.74, 6) is 0.243. The maximum atomic E-state index is 10.8. The molecule has 0 unspecified atom stereocenters. The van der Waals surface area contributed by atoms with Crippen LogP contribution in [0.15, 0.2) is 48.5 Å². The van der Waals surface area contributed by atoms with Gasteiger partial charge in [0.1, 0.15) is 0 Å². The zero-order valence-corrected chi connectivity index (χ0v) is 15.5. The van der Waals surface area contributed by atoms with Gasteiger partial charge in [0.05, 0.1) is 0 Å². The summed E-state index contributed by atoms with van der Waals surface area (Å²) in [6, 6.07) is 15.1. The highest BCUT2D eigenvalue weighted by Crippen LogP contribution is 2.07. The van der Waals surface area contributed by atoms with Crippen molar-refractivity contribution >= 4 is 56.7 Å². The zero-order chi connectivity index (χ0) is 15.1. The molecule has 20 heavy (non-hydrogen) atoms. The number of carbonyl (C=O) groups excluding carboxylic acids is 2. The molecule has 0 fully saturated rings. The molecule has 2 nitrogen and oxygen atoms in total. The summed E-state index contributed by atoms with van der Waals surface area (Å²) in [7, 11) is 0. The Morgan fingerprint density at radius 1 is 0.650 bits per heavy atom. The van der Waals surface area contributed by atoms with E-state index in [0.717, 1.165) is 18.3 Å². The summed E-state index contributed by atoms with van der Waals surface area (Å²) >= 11 is 4.42. The second-order valence-corrected chi connectivity index (χ2v) is 6.62. The van der Waals surface area contributed by atoms with Gasteiger partial charge in [-0.1, -0.05) is 24.3 Å². The van der Waals surface area contributed by atoms with E-state index in [1.54, 1.807) is 13.8 Å². The molecule has 0 bridgehead atoms. The number of carbonyl (C=O) groups is 2. The first-order chi connectivity index (χ1) is 9.40. The molecule has 0 aromatic heterocycles. The lowest BCUT2D eigenvalue weighted by Crippen LogP contribution is -1.89. The van der Waals surface area contributed by atoms with E-state index in [2.05, 4.69) is 45.2 Å². The molecule has 0 radical (unpaired) electrons. The predicted octanol–water partition coefficient (Wildman–Crippen LogP) is 4.99. The fourth-order valence-corrected chi connectivity index (χ4v) is 2.09. The van der Waals surface area contributed by atoms with E-state index in [9.17, 15) is 9.59 Å². The molecule has 0 aliphatic rings. The Kier molecular flexibility index (Phi) is 7.36. The third kappa shape index (κ3) is 6.13. The third-order valence-corrected chi connectivity index (χ3v) is 3.94. The Hall–Kier alpha value is -0.760. The second kappa shape index (κ2) is 8.51. The zero-order valence-electron chi connectivity index (χ0n) is 11.2. The van der Waals surface area contributed by atoms with Gasteiger partial charge < -0.3 is 0 Å². The van der Waals surface area contributed by atoms with E-state index in [1.807, 2.05) is 48.5 Å². The normalized spacial score (nSPS) is 9.40. The van der Waals surface area contributed by atoms with Crippen LogP contribution in [0.4, 0.5) is 0 Å². The van der Waals surface area contributed by atoms with Crippen LogP contribution in [0.1, 0.15) is 34.6 Å². The van der Waals surface area contributed by atoms with Gasteiger partial charge in [-0.05, 0) is 83.3 Å². The largest absolute Gasteiger partial charge is 0.295 e. The molecule has 0 aliphatic heterocycles. The number of Topliss-reactive ketones (excluding diaryl/α,β-unsaturated/α-hetero) is 2. The fourth-order valence-electron chi connectivity index (χ4n) is 1.37. The van der Waals surface area contributed by atoms with Crippen molar-refractivity contribution in [1.82, 2.24) is 0 Å². The first-order valence-corrected chi connectivity index (χ1v) is 8.09. The molecule has 0 spiro atoms. The molecule has 0 saturated heterocycles.